The number of nitrogens with two attached hydrogens (primary N) is 2. The van der Waals surface area contributed by atoms with E-state index in [0.29, 0.717) is 6.54 Å². The Kier molecular flexibility index (Phi) is 8.93. The van der Waals surface area contributed by atoms with E-state index in [4.69, 9.17) is 11.5 Å². The Morgan fingerprint density at radius 1 is 1.36 bits per heavy atom. The Bertz CT molecular complexity index is 301. The second kappa shape index (κ2) is 7.84. The molecule has 1 aromatic heterocycles. The molecule has 0 atom stereocenters. The van der Waals surface area contributed by atoms with E-state index in [1.54, 1.807) is 0 Å². The van der Waals surface area contributed by atoms with Crippen LogP contribution in [0.15, 0.2) is 27.8 Å². The lowest BCUT2D eigenvalue weighted by atomic mass is 10.3. The number of aliphatic imine (C=N–C) groups is 1. The van der Waals surface area contributed by atoms with E-state index in [2.05, 4.69) is 25.9 Å². The molecular weight excluding hydrogens is 291 g/mol. The number of aromatic nitrogens is 1. The predicted molar refractivity (Wildman–Crippen MR) is 65.9 cm³/mol. The van der Waals surface area contributed by atoms with Crippen molar-refractivity contribution in [1.82, 2.24) is 4.98 Å². The van der Waals surface area contributed by atoms with Crippen molar-refractivity contribution in [2.75, 3.05) is 0 Å². The highest BCUT2D eigenvalue weighted by molar-refractivity contribution is 9.10. The maximum absolute atomic E-state index is 5.17. The topological polar surface area (TPSA) is 77.3 Å². The lowest BCUT2D eigenvalue weighted by molar-refractivity contribution is 0.973. The molecule has 0 aliphatic heterocycles. The average molecular weight is 302 g/mol. The molecule has 1 heterocycles. The van der Waals surface area contributed by atoms with Crippen LogP contribution in [0, 0.1) is 0 Å². The molecular formula is C7H11BrCl2N4. The highest BCUT2D eigenvalue weighted by Gasteiger charge is 1.93. The van der Waals surface area contributed by atoms with Crippen molar-refractivity contribution < 1.29 is 0 Å². The molecule has 0 saturated carbocycles. The molecule has 0 aromatic carbocycles. The van der Waals surface area contributed by atoms with Crippen LogP contribution < -0.4 is 11.5 Å². The van der Waals surface area contributed by atoms with Gasteiger partial charge in [-0.1, -0.05) is 6.07 Å². The van der Waals surface area contributed by atoms with Crippen LogP contribution in [-0.2, 0) is 6.54 Å². The van der Waals surface area contributed by atoms with Gasteiger partial charge in [0.15, 0.2) is 5.96 Å². The van der Waals surface area contributed by atoms with Gasteiger partial charge < -0.3 is 11.5 Å². The SMILES string of the molecule is Cl.Cl.NC(N)=NCc1cccc(Br)n1. The Balaban J connectivity index is 0. The molecule has 0 fully saturated rings. The van der Waals surface area contributed by atoms with Crippen LogP contribution in [0.3, 0.4) is 0 Å². The summed E-state index contributed by atoms with van der Waals surface area (Å²) < 4.78 is 0.783. The summed E-state index contributed by atoms with van der Waals surface area (Å²) in [5, 5.41) is 0. The molecule has 4 N–H and O–H groups in total. The third-order valence-electron chi connectivity index (χ3n) is 1.20. The Labute approximate surface area is 103 Å². The quantitative estimate of drug-likeness (QED) is 0.493. The van der Waals surface area contributed by atoms with E-state index in [1.165, 1.54) is 0 Å². The van der Waals surface area contributed by atoms with Crippen molar-refractivity contribution in [2.45, 2.75) is 6.54 Å². The Morgan fingerprint density at radius 2 is 2.00 bits per heavy atom. The molecule has 1 rings (SSSR count). The normalized spacial score (nSPS) is 8.07. The molecule has 4 nitrogen and oxygen atoms in total. The minimum atomic E-state index is 0. The summed E-state index contributed by atoms with van der Waals surface area (Å²) >= 11 is 3.25. The fourth-order valence-corrected chi connectivity index (χ4v) is 1.09. The molecule has 0 amide bonds. The zero-order chi connectivity index (χ0) is 8.97. The van der Waals surface area contributed by atoms with Crippen LogP contribution in [0.25, 0.3) is 0 Å². The van der Waals surface area contributed by atoms with Crippen LogP contribution in [0.1, 0.15) is 5.69 Å². The summed E-state index contributed by atoms with van der Waals surface area (Å²) in [6.07, 6.45) is 0. The van der Waals surface area contributed by atoms with Gasteiger partial charge in [0, 0.05) is 0 Å². The Hall–Kier alpha value is -0.520. The van der Waals surface area contributed by atoms with Crippen LogP contribution in [0.2, 0.25) is 0 Å². The van der Waals surface area contributed by atoms with Gasteiger partial charge in [-0.2, -0.15) is 0 Å². The average Bonchev–Trinajstić information content (AvgIpc) is 2.01. The van der Waals surface area contributed by atoms with Crippen molar-refractivity contribution in [3.05, 3.63) is 28.5 Å². The highest BCUT2D eigenvalue weighted by Crippen LogP contribution is 2.06. The van der Waals surface area contributed by atoms with Crippen molar-refractivity contribution >= 4 is 46.7 Å². The molecule has 0 spiro atoms. The first kappa shape index (κ1) is 15.9. The largest absolute Gasteiger partial charge is 0.370 e. The zero-order valence-corrected chi connectivity index (χ0v) is 10.4. The molecule has 14 heavy (non-hydrogen) atoms. The third-order valence-corrected chi connectivity index (χ3v) is 1.64. The summed E-state index contributed by atoms with van der Waals surface area (Å²) in [5.41, 5.74) is 11.2. The molecule has 0 unspecified atom stereocenters. The second-order valence-electron chi connectivity index (χ2n) is 2.19. The van der Waals surface area contributed by atoms with Gasteiger partial charge in [-0.05, 0) is 28.1 Å². The van der Waals surface area contributed by atoms with Gasteiger partial charge >= 0.3 is 0 Å². The first-order chi connectivity index (χ1) is 5.68. The summed E-state index contributed by atoms with van der Waals surface area (Å²) in [5.74, 6) is 0.0803. The summed E-state index contributed by atoms with van der Waals surface area (Å²) in [6, 6.07) is 5.59. The van der Waals surface area contributed by atoms with Gasteiger partial charge in [-0.25, -0.2) is 9.98 Å². The van der Waals surface area contributed by atoms with E-state index in [9.17, 15) is 0 Å². The van der Waals surface area contributed by atoms with Crippen molar-refractivity contribution in [1.29, 1.82) is 0 Å². The van der Waals surface area contributed by atoms with Crippen molar-refractivity contribution in [2.24, 2.45) is 16.5 Å². The van der Waals surface area contributed by atoms with Crippen molar-refractivity contribution in [3.8, 4) is 0 Å². The van der Waals surface area contributed by atoms with E-state index in [1.807, 2.05) is 18.2 Å². The molecule has 80 valence electrons. The van der Waals surface area contributed by atoms with Gasteiger partial charge in [0.05, 0.1) is 12.2 Å². The third kappa shape index (κ3) is 6.01. The van der Waals surface area contributed by atoms with Crippen molar-refractivity contribution in [3.63, 3.8) is 0 Å². The van der Waals surface area contributed by atoms with Crippen LogP contribution in [0.4, 0.5) is 0 Å². The fraction of sp³-hybridized carbons (Fsp3) is 0.143. The zero-order valence-electron chi connectivity index (χ0n) is 7.18. The number of hydrogen-bond donors (Lipinski definition) is 2. The summed E-state index contributed by atoms with van der Waals surface area (Å²) in [4.78, 5) is 7.97. The number of pyridine rings is 1. The van der Waals surface area contributed by atoms with Gasteiger partial charge in [0.1, 0.15) is 4.60 Å². The van der Waals surface area contributed by atoms with E-state index in [0.717, 1.165) is 10.3 Å². The van der Waals surface area contributed by atoms with Gasteiger partial charge in [-0.3, -0.25) is 0 Å². The summed E-state index contributed by atoms with van der Waals surface area (Å²) in [7, 11) is 0. The number of halogens is 3. The molecule has 0 aliphatic carbocycles. The lowest BCUT2D eigenvalue weighted by Crippen LogP contribution is -2.22. The van der Waals surface area contributed by atoms with E-state index in [-0.39, 0.29) is 30.8 Å². The number of guanidine groups is 1. The minimum absolute atomic E-state index is 0. The number of rotatable bonds is 2. The molecule has 0 aliphatic rings. The van der Waals surface area contributed by atoms with Gasteiger partial charge in [0.25, 0.3) is 0 Å². The van der Waals surface area contributed by atoms with E-state index >= 15 is 0 Å². The van der Waals surface area contributed by atoms with Crippen LogP contribution in [0.5, 0.6) is 0 Å². The smallest absolute Gasteiger partial charge is 0.186 e. The minimum Gasteiger partial charge on any atom is -0.370 e. The second-order valence-corrected chi connectivity index (χ2v) is 3.01. The standard InChI is InChI=1S/C7H9BrN4.2ClH/c8-6-3-1-2-5(12-6)4-11-7(9)10;;/h1-3H,4H2,(H4,9,10,11);2*1H. The number of nitrogens with zero attached hydrogens (tertiary/aromatic N) is 2. The molecule has 1 aromatic rings. The molecule has 7 heteroatoms. The monoisotopic (exact) mass is 300 g/mol. The highest BCUT2D eigenvalue weighted by atomic mass is 79.9. The first-order valence-corrected chi connectivity index (χ1v) is 4.14. The predicted octanol–water partition coefficient (Wildman–Crippen LogP) is 1.46. The fourth-order valence-electron chi connectivity index (χ4n) is 0.711. The van der Waals surface area contributed by atoms with E-state index < -0.39 is 0 Å². The maximum atomic E-state index is 5.17. The molecule has 0 radical (unpaired) electrons. The van der Waals surface area contributed by atoms with Gasteiger partial charge in [-0.15, -0.1) is 24.8 Å². The maximum Gasteiger partial charge on any atom is 0.186 e. The van der Waals surface area contributed by atoms with Gasteiger partial charge in [0.2, 0.25) is 0 Å². The first-order valence-electron chi connectivity index (χ1n) is 3.35. The van der Waals surface area contributed by atoms with Crippen LogP contribution in [-0.4, -0.2) is 10.9 Å². The Morgan fingerprint density at radius 3 is 2.50 bits per heavy atom. The van der Waals surface area contributed by atoms with Crippen LogP contribution >= 0.6 is 40.7 Å². The number of hydrogen-bond acceptors (Lipinski definition) is 2. The molecule has 0 saturated heterocycles. The molecule has 0 bridgehead atoms. The lowest BCUT2D eigenvalue weighted by Gasteiger charge is -1.96. The summed E-state index contributed by atoms with van der Waals surface area (Å²) in [6.45, 7) is 0.418.